The maximum atomic E-state index is 6.22. The van der Waals surface area contributed by atoms with Gasteiger partial charge in [0.2, 0.25) is 0 Å². The zero-order valence-corrected chi connectivity index (χ0v) is 27.8. The normalized spacial score (nSPS) is 21.1. The van der Waals surface area contributed by atoms with Crippen LogP contribution in [0.15, 0.2) is 64.4 Å². The fraction of sp³-hybridized carbons (Fsp3) is 0.514. The fourth-order valence-corrected chi connectivity index (χ4v) is 12.6. The first-order valence-electron chi connectivity index (χ1n) is 15.0. The van der Waals surface area contributed by atoms with E-state index >= 15 is 0 Å². The second-order valence-corrected chi connectivity index (χ2v) is 19.0. The lowest BCUT2D eigenvalue weighted by atomic mass is 9.84. The van der Waals surface area contributed by atoms with E-state index in [4.69, 9.17) is 4.74 Å². The molecule has 0 radical (unpaired) electrons. The molecule has 2 aliphatic carbocycles. The van der Waals surface area contributed by atoms with Crippen LogP contribution in [0.4, 0.5) is 0 Å². The minimum atomic E-state index is -1.94. The Bertz CT molecular complexity index is 1340. The van der Waals surface area contributed by atoms with E-state index in [1.165, 1.54) is 45.0 Å². The smallest absolute Gasteiger partial charge is 0.0910 e. The van der Waals surface area contributed by atoms with Crippen molar-refractivity contribution in [1.82, 2.24) is 0 Å². The Kier molecular flexibility index (Phi) is 8.16. The summed E-state index contributed by atoms with van der Waals surface area (Å²) in [6.07, 6.45) is 6.14. The van der Waals surface area contributed by atoms with Crippen LogP contribution in [0, 0.1) is 12.8 Å². The highest BCUT2D eigenvalue weighted by Crippen LogP contribution is 2.51. The van der Waals surface area contributed by atoms with E-state index in [9.17, 15) is 0 Å². The van der Waals surface area contributed by atoms with Gasteiger partial charge in [-0.3, -0.25) is 0 Å². The van der Waals surface area contributed by atoms with Gasteiger partial charge in [-0.1, -0.05) is 105 Å². The zero-order chi connectivity index (χ0) is 28.9. The van der Waals surface area contributed by atoms with Crippen LogP contribution in [0.5, 0.6) is 0 Å². The lowest BCUT2D eigenvalue weighted by molar-refractivity contribution is -0.00247. The molecule has 2 aliphatic rings. The quantitative estimate of drug-likeness (QED) is 0.251. The van der Waals surface area contributed by atoms with E-state index in [-0.39, 0.29) is 11.0 Å². The molecule has 2 aromatic rings. The van der Waals surface area contributed by atoms with Crippen LogP contribution in [0.25, 0.3) is 17.2 Å². The van der Waals surface area contributed by atoms with Crippen molar-refractivity contribution >= 4 is 14.1 Å². The van der Waals surface area contributed by atoms with Gasteiger partial charge < -0.3 is 4.74 Å². The second-order valence-electron chi connectivity index (χ2n) is 14.5. The third-order valence-corrected chi connectivity index (χ3v) is 14.9. The van der Waals surface area contributed by atoms with Crippen molar-refractivity contribution in [1.29, 1.82) is 0 Å². The van der Waals surface area contributed by atoms with Gasteiger partial charge in [-0.25, -0.2) is 0 Å². The summed E-state index contributed by atoms with van der Waals surface area (Å²) in [5.41, 5.74) is 13.7. The van der Waals surface area contributed by atoms with E-state index in [0.717, 1.165) is 13.0 Å². The first-order valence-corrected chi connectivity index (χ1v) is 17.8. The number of benzene rings is 2. The molecule has 0 aliphatic heterocycles. The monoisotopic (exact) mass is 540 g/mol. The van der Waals surface area contributed by atoms with Crippen molar-refractivity contribution in [2.75, 3.05) is 6.61 Å². The number of hydrogen-bond donors (Lipinski definition) is 0. The van der Waals surface area contributed by atoms with Gasteiger partial charge in [0.15, 0.2) is 0 Å². The molecule has 2 aromatic carbocycles. The SMILES string of the molecule is CC1=C(C)C(C)C([Si](C)(CCCOC(C)(C)C)C2C=Cc3c(-c4ccc(C(C)(C)C)cc4C)cccc32)=C1C. The molecule has 0 heterocycles. The molecule has 39 heavy (non-hydrogen) atoms. The van der Waals surface area contributed by atoms with Gasteiger partial charge in [0.25, 0.3) is 0 Å². The maximum absolute atomic E-state index is 6.22. The highest BCUT2D eigenvalue weighted by molar-refractivity contribution is 6.87. The molecule has 210 valence electrons. The Morgan fingerprint density at radius 1 is 0.872 bits per heavy atom. The third kappa shape index (κ3) is 5.70. The van der Waals surface area contributed by atoms with Crippen molar-refractivity contribution in [3.05, 3.63) is 86.6 Å². The number of rotatable bonds is 7. The van der Waals surface area contributed by atoms with Gasteiger partial charge in [-0.05, 0) is 105 Å². The van der Waals surface area contributed by atoms with Crippen LogP contribution in [-0.2, 0) is 10.2 Å². The summed E-state index contributed by atoms with van der Waals surface area (Å²) in [6, 6.07) is 15.4. The molecule has 2 heteroatoms. The van der Waals surface area contributed by atoms with E-state index in [0.29, 0.717) is 11.5 Å². The van der Waals surface area contributed by atoms with Crippen molar-refractivity contribution in [2.45, 2.75) is 112 Å². The molecule has 0 aromatic heterocycles. The van der Waals surface area contributed by atoms with Gasteiger partial charge >= 0.3 is 0 Å². The number of hydrogen-bond acceptors (Lipinski definition) is 1. The zero-order valence-electron chi connectivity index (χ0n) is 26.8. The lowest BCUT2D eigenvalue weighted by Gasteiger charge is -2.39. The van der Waals surface area contributed by atoms with Crippen molar-refractivity contribution in [2.24, 2.45) is 5.92 Å². The molecular formula is C37H52OSi. The van der Waals surface area contributed by atoms with Gasteiger partial charge in [0.05, 0.1) is 13.7 Å². The van der Waals surface area contributed by atoms with E-state index in [1.54, 1.807) is 16.3 Å². The van der Waals surface area contributed by atoms with Crippen molar-refractivity contribution in [3.8, 4) is 11.1 Å². The standard InChI is InChI=1S/C37H52OSi/c1-24-23-29(36(6,7)8)17-18-30(24)31-15-13-16-33-32(31)19-20-34(33)39(12,22-14-21-38-37(9,10)11)35-27(4)25(2)26(3)28(35)5/h13,15-20,23,27,34H,14,21-22H2,1-12H3. The number of fused-ring (bicyclic) bond motifs is 1. The van der Waals surface area contributed by atoms with Gasteiger partial charge in [-0.15, -0.1) is 0 Å². The second kappa shape index (κ2) is 10.7. The summed E-state index contributed by atoms with van der Waals surface area (Å²) < 4.78 is 6.22. The van der Waals surface area contributed by atoms with Crippen LogP contribution in [-0.4, -0.2) is 20.3 Å². The van der Waals surface area contributed by atoms with Crippen LogP contribution < -0.4 is 0 Å². The average Bonchev–Trinajstić information content (AvgIpc) is 3.37. The number of aryl methyl sites for hydroxylation is 1. The molecule has 0 bridgehead atoms. The first kappa shape index (κ1) is 29.8. The molecule has 0 saturated heterocycles. The highest BCUT2D eigenvalue weighted by atomic mass is 28.3. The third-order valence-electron chi connectivity index (χ3n) is 9.63. The molecule has 0 N–H and O–H groups in total. The highest BCUT2D eigenvalue weighted by Gasteiger charge is 2.46. The molecule has 1 nitrogen and oxygen atoms in total. The minimum absolute atomic E-state index is 0.0856. The summed E-state index contributed by atoms with van der Waals surface area (Å²) >= 11 is 0. The molecular weight excluding hydrogens is 488 g/mol. The molecule has 3 atom stereocenters. The molecule has 3 unspecified atom stereocenters. The summed E-state index contributed by atoms with van der Waals surface area (Å²) in [7, 11) is -1.94. The largest absolute Gasteiger partial charge is 0.376 e. The predicted molar refractivity (Wildman–Crippen MR) is 174 cm³/mol. The van der Waals surface area contributed by atoms with Crippen molar-refractivity contribution < 1.29 is 4.74 Å². The van der Waals surface area contributed by atoms with E-state index in [2.05, 4.69) is 131 Å². The summed E-state index contributed by atoms with van der Waals surface area (Å²) in [4.78, 5) is 0. The Balaban J connectivity index is 1.76. The van der Waals surface area contributed by atoms with Crippen molar-refractivity contribution in [3.63, 3.8) is 0 Å². The maximum Gasteiger partial charge on any atom is 0.0910 e. The van der Waals surface area contributed by atoms with Crippen LogP contribution in [0.3, 0.4) is 0 Å². The Hall–Kier alpha value is -2.16. The van der Waals surface area contributed by atoms with Crippen LogP contribution in [0.1, 0.15) is 103 Å². The lowest BCUT2D eigenvalue weighted by Crippen LogP contribution is -2.42. The van der Waals surface area contributed by atoms with E-state index < -0.39 is 8.07 Å². The molecule has 0 spiro atoms. The number of ether oxygens (including phenoxy) is 1. The Labute approximate surface area is 240 Å². The van der Waals surface area contributed by atoms with Gasteiger partial charge in [0.1, 0.15) is 0 Å². The first-order chi connectivity index (χ1) is 18.1. The Morgan fingerprint density at radius 3 is 2.13 bits per heavy atom. The van der Waals surface area contributed by atoms with Gasteiger partial charge in [-0.2, -0.15) is 0 Å². The van der Waals surface area contributed by atoms with Gasteiger partial charge in [0, 0.05) is 12.1 Å². The fourth-order valence-electron chi connectivity index (χ4n) is 7.12. The summed E-state index contributed by atoms with van der Waals surface area (Å²) in [5.74, 6) is 0.540. The average molecular weight is 541 g/mol. The predicted octanol–water partition coefficient (Wildman–Crippen LogP) is 10.7. The molecule has 0 amide bonds. The Morgan fingerprint density at radius 2 is 1.56 bits per heavy atom. The summed E-state index contributed by atoms with van der Waals surface area (Å²) in [5, 5.41) is 1.77. The van der Waals surface area contributed by atoms with Crippen LogP contribution >= 0.6 is 0 Å². The van der Waals surface area contributed by atoms with E-state index in [1.807, 2.05) is 0 Å². The summed E-state index contributed by atoms with van der Waals surface area (Å²) in [6.45, 7) is 28.7. The molecule has 0 fully saturated rings. The molecule has 4 rings (SSSR count). The minimum Gasteiger partial charge on any atom is -0.376 e. The topological polar surface area (TPSA) is 9.23 Å². The van der Waals surface area contributed by atoms with Crippen LogP contribution in [0.2, 0.25) is 12.6 Å². The number of allylic oxidation sites excluding steroid dienone is 5. The molecule has 0 saturated carbocycles.